The van der Waals surface area contributed by atoms with Gasteiger partial charge in [0, 0.05) is 17.1 Å². The SMILES string of the molecule is Cc1ccc2c(C(=O)N(Cc3sccc3C)C3CCCC3)cnn2c1. The molecule has 4 nitrogen and oxygen atoms in total. The van der Waals surface area contributed by atoms with Crippen LogP contribution in [0.15, 0.2) is 36.0 Å². The molecule has 1 aliphatic carbocycles. The van der Waals surface area contributed by atoms with Crippen molar-refractivity contribution >= 4 is 22.8 Å². The smallest absolute Gasteiger partial charge is 0.258 e. The summed E-state index contributed by atoms with van der Waals surface area (Å²) in [7, 11) is 0. The number of fused-ring (bicyclic) bond motifs is 1. The van der Waals surface area contributed by atoms with Gasteiger partial charge < -0.3 is 4.90 Å². The van der Waals surface area contributed by atoms with Crippen molar-refractivity contribution in [3.63, 3.8) is 0 Å². The van der Waals surface area contributed by atoms with Crippen LogP contribution < -0.4 is 0 Å². The Morgan fingerprint density at radius 2 is 2.08 bits per heavy atom. The molecule has 3 heterocycles. The summed E-state index contributed by atoms with van der Waals surface area (Å²) in [6, 6.07) is 6.51. The first kappa shape index (κ1) is 16.3. The quantitative estimate of drug-likeness (QED) is 0.687. The molecule has 1 amide bonds. The topological polar surface area (TPSA) is 37.6 Å². The lowest BCUT2D eigenvalue weighted by molar-refractivity contribution is 0.0668. The maximum atomic E-state index is 13.4. The van der Waals surface area contributed by atoms with Gasteiger partial charge in [-0.15, -0.1) is 11.3 Å². The van der Waals surface area contributed by atoms with Crippen molar-refractivity contribution < 1.29 is 4.79 Å². The second-order valence-corrected chi connectivity index (χ2v) is 7.99. The molecule has 0 aromatic carbocycles. The Labute approximate surface area is 152 Å². The number of aromatic nitrogens is 2. The normalized spacial score (nSPS) is 15.1. The van der Waals surface area contributed by atoms with Crippen LogP contribution in [0.25, 0.3) is 5.52 Å². The molecule has 130 valence electrons. The van der Waals surface area contributed by atoms with E-state index in [2.05, 4.69) is 28.4 Å². The molecule has 5 heteroatoms. The van der Waals surface area contributed by atoms with Crippen molar-refractivity contribution in [2.24, 2.45) is 0 Å². The molecule has 0 saturated heterocycles. The lowest BCUT2D eigenvalue weighted by atomic mass is 10.1. The molecule has 0 unspecified atom stereocenters. The molecule has 0 spiro atoms. The Bertz CT molecular complexity index is 905. The van der Waals surface area contributed by atoms with Crippen LogP contribution >= 0.6 is 11.3 Å². The predicted octanol–water partition coefficient (Wildman–Crippen LogP) is 4.60. The summed E-state index contributed by atoms with van der Waals surface area (Å²) in [6.07, 6.45) is 8.33. The summed E-state index contributed by atoms with van der Waals surface area (Å²) in [4.78, 5) is 16.8. The van der Waals surface area contributed by atoms with Crippen molar-refractivity contribution in [3.8, 4) is 0 Å². The number of thiophene rings is 1. The number of hydrogen-bond acceptors (Lipinski definition) is 3. The summed E-state index contributed by atoms with van der Waals surface area (Å²) in [6.45, 7) is 4.87. The maximum absolute atomic E-state index is 13.4. The van der Waals surface area contributed by atoms with E-state index < -0.39 is 0 Å². The largest absolute Gasteiger partial charge is 0.330 e. The van der Waals surface area contributed by atoms with Gasteiger partial charge in [0.05, 0.1) is 23.8 Å². The Balaban J connectivity index is 1.70. The molecular weight excluding hydrogens is 330 g/mol. The molecule has 1 saturated carbocycles. The van der Waals surface area contributed by atoms with Gasteiger partial charge in [-0.2, -0.15) is 5.10 Å². The lowest BCUT2D eigenvalue weighted by Gasteiger charge is -2.28. The predicted molar refractivity (Wildman–Crippen MR) is 101 cm³/mol. The minimum atomic E-state index is 0.110. The number of hydrogen-bond donors (Lipinski definition) is 0. The van der Waals surface area contributed by atoms with Crippen LogP contribution in [0.5, 0.6) is 0 Å². The van der Waals surface area contributed by atoms with Crippen molar-refractivity contribution in [2.45, 2.75) is 52.1 Å². The van der Waals surface area contributed by atoms with Crippen LogP contribution in [0.1, 0.15) is 52.0 Å². The Hall–Kier alpha value is -2.14. The number of pyridine rings is 1. The zero-order valence-electron chi connectivity index (χ0n) is 14.7. The molecule has 25 heavy (non-hydrogen) atoms. The molecular formula is C20H23N3OS. The molecule has 0 radical (unpaired) electrons. The van der Waals surface area contributed by atoms with E-state index in [1.807, 2.05) is 29.8 Å². The molecule has 3 aromatic heterocycles. The van der Waals surface area contributed by atoms with Gasteiger partial charge in [-0.3, -0.25) is 4.79 Å². The third-order valence-electron chi connectivity index (χ3n) is 5.20. The van der Waals surface area contributed by atoms with E-state index in [0.717, 1.165) is 23.9 Å². The molecule has 0 N–H and O–H groups in total. The van der Waals surface area contributed by atoms with E-state index in [9.17, 15) is 4.79 Å². The van der Waals surface area contributed by atoms with E-state index >= 15 is 0 Å². The Kier molecular flexibility index (Phi) is 4.34. The highest BCUT2D eigenvalue weighted by molar-refractivity contribution is 7.10. The van der Waals surface area contributed by atoms with Crippen LogP contribution in [0, 0.1) is 13.8 Å². The number of rotatable bonds is 4. The molecule has 4 rings (SSSR count). The van der Waals surface area contributed by atoms with Crippen molar-refractivity contribution in [1.82, 2.24) is 14.5 Å². The fraction of sp³-hybridized carbons (Fsp3) is 0.400. The highest BCUT2D eigenvalue weighted by Gasteiger charge is 2.29. The third-order valence-corrected chi connectivity index (χ3v) is 6.21. The van der Waals surface area contributed by atoms with Crippen LogP contribution in [-0.4, -0.2) is 26.5 Å². The second-order valence-electron chi connectivity index (χ2n) is 6.99. The first-order valence-corrected chi connectivity index (χ1v) is 9.79. The highest BCUT2D eigenvalue weighted by atomic mass is 32.1. The minimum absolute atomic E-state index is 0.110. The third kappa shape index (κ3) is 3.09. The van der Waals surface area contributed by atoms with Gasteiger partial charge in [-0.05, 0) is 55.3 Å². The highest BCUT2D eigenvalue weighted by Crippen LogP contribution is 2.29. The Morgan fingerprint density at radius 3 is 2.80 bits per heavy atom. The van der Waals surface area contributed by atoms with Gasteiger partial charge in [0.2, 0.25) is 0 Å². The summed E-state index contributed by atoms with van der Waals surface area (Å²) in [5.41, 5.74) is 4.01. The van der Waals surface area contributed by atoms with E-state index in [4.69, 9.17) is 0 Å². The minimum Gasteiger partial charge on any atom is -0.330 e. The van der Waals surface area contributed by atoms with Crippen molar-refractivity contribution in [2.75, 3.05) is 0 Å². The molecule has 0 aliphatic heterocycles. The van der Waals surface area contributed by atoms with Gasteiger partial charge in [0.1, 0.15) is 0 Å². The molecule has 1 fully saturated rings. The average molecular weight is 353 g/mol. The van der Waals surface area contributed by atoms with Crippen LogP contribution in [0.3, 0.4) is 0 Å². The lowest BCUT2D eigenvalue weighted by Crippen LogP contribution is -2.38. The van der Waals surface area contributed by atoms with Crippen molar-refractivity contribution in [3.05, 3.63) is 57.5 Å². The first-order chi connectivity index (χ1) is 12.1. The summed E-state index contributed by atoms with van der Waals surface area (Å²) < 4.78 is 1.81. The maximum Gasteiger partial charge on any atom is 0.258 e. The molecule has 0 atom stereocenters. The van der Waals surface area contributed by atoms with Gasteiger partial charge in [-0.25, -0.2) is 4.52 Å². The summed E-state index contributed by atoms with van der Waals surface area (Å²) in [5.74, 6) is 0.110. The number of carbonyl (C=O) groups is 1. The fourth-order valence-electron chi connectivity index (χ4n) is 3.71. The number of amides is 1. The zero-order chi connectivity index (χ0) is 17.4. The van der Waals surface area contributed by atoms with Gasteiger partial charge >= 0.3 is 0 Å². The van der Waals surface area contributed by atoms with Crippen LogP contribution in [0.4, 0.5) is 0 Å². The van der Waals surface area contributed by atoms with Crippen LogP contribution in [-0.2, 0) is 6.54 Å². The van der Waals surface area contributed by atoms with E-state index in [1.165, 1.54) is 23.3 Å². The average Bonchev–Trinajstić information content (AvgIpc) is 3.32. The van der Waals surface area contributed by atoms with Crippen LogP contribution in [0.2, 0.25) is 0 Å². The molecule has 3 aromatic rings. The second kappa shape index (κ2) is 6.64. The van der Waals surface area contributed by atoms with Gasteiger partial charge in [0.15, 0.2) is 0 Å². The van der Waals surface area contributed by atoms with E-state index in [1.54, 1.807) is 17.5 Å². The van der Waals surface area contributed by atoms with E-state index in [0.29, 0.717) is 18.2 Å². The van der Waals surface area contributed by atoms with Gasteiger partial charge in [-0.1, -0.05) is 18.9 Å². The number of nitrogens with zero attached hydrogens (tertiary/aromatic N) is 3. The first-order valence-electron chi connectivity index (χ1n) is 8.91. The summed E-state index contributed by atoms with van der Waals surface area (Å²) >= 11 is 1.74. The van der Waals surface area contributed by atoms with Crippen molar-refractivity contribution in [1.29, 1.82) is 0 Å². The zero-order valence-corrected chi connectivity index (χ0v) is 15.6. The number of aryl methyl sites for hydroxylation is 2. The van der Waals surface area contributed by atoms with E-state index in [-0.39, 0.29) is 5.91 Å². The monoisotopic (exact) mass is 353 g/mol. The molecule has 0 bridgehead atoms. The Morgan fingerprint density at radius 1 is 1.28 bits per heavy atom. The standard InChI is InChI=1S/C20H23N3OS/c1-14-7-8-18-17(11-21-23(18)12-14)20(24)22(16-5-3-4-6-16)13-19-15(2)9-10-25-19/h7-12,16H,3-6,13H2,1-2H3. The molecule has 1 aliphatic rings. The van der Waals surface area contributed by atoms with Gasteiger partial charge in [0.25, 0.3) is 5.91 Å². The summed E-state index contributed by atoms with van der Waals surface area (Å²) in [5, 5.41) is 6.51. The fourth-order valence-corrected chi connectivity index (χ4v) is 4.61. The number of carbonyl (C=O) groups excluding carboxylic acids is 1.